The van der Waals surface area contributed by atoms with Crippen LogP contribution >= 0.6 is 22.9 Å². The molecule has 0 fully saturated rings. The van der Waals surface area contributed by atoms with E-state index in [-0.39, 0.29) is 15.5 Å². The summed E-state index contributed by atoms with van der Waals surface area (Å²) in [4.78, 5) is 12.1. The van der Waals surface area contributed by atoms with Crippen molar-refractivity contribution in [2.75, 3.05) is 4.72 Å². The maximum absolute atomic E-state index is 13.4. The Balaban J connectivity index is 1.67. The molecule has 0 radical (unpaired) electrons. The highest BCUT2D eigenvalue weighted by Gasteiger charge is 2.18. The van der Waals surface area contributed by atoms with Crippen molar-refractivity contribution in [2.24, 2.45) is 0 Å². The lowest BCUT2D eigenvalue weighted by Crippen LogP contribution is -2.14. The SMILES string of the molecule is O=c1sc2cc(S(=O)(=O)Nc3ccc(F)c(F)c3)ccc2n1Cc1ccc(Cl)cc1. The summed E-state index contributed by atoms with van der Waals surface area (Å²) in [6, 6.07) is 14.1. The van der Waals surface area contributed by atoms with E-state index in [1.807, 2.05) is 12.1 Å². The van der Waals surface area contributed by atoms with Crippen molar-refractivity contribution < 1.29 is 17.2 Å². The Morgan fingerprint density at radius 3 is 2.40 bits per heavy atom. The lowest BCUT2D eigenvalue weighted by atomic mass is 10.2. The predicted molar refractivity (Wildman–Crippen MR) is 114 cm³/mol. The third-order valence-corrected chi connectivity index (χ3v) is 6.95. The average molecular weight is 467 g/mol. The number of hydrogen-bond donors (Lipinski definition) is 1. The Labute approximate surface area is 179 Å². The third kappa shape index (κ3) is 4.09. The number of halogens is 3. The van der Waals surface area contributed by atoms with E-state index in [4.69, 9.17) is 11.6 Å². The summed E-state index contributed by atoms with van der Waals surface area (Å²) in [5, 5.41) is 0.588. The fourth-order valence-corrected chi connectivity index (χ4v) is 5.12. The van der Waals surface area contributed by atoms with E-state index in [9.17, 15) is 22.0 Å². The van der Waals surface area contributed by atoms with E-state index < -0.39 is 21.7 Å². The number of benzene rings is 3. The van der Waals surface area contributed by atoms with Crippen LogP contribution in [0.25, 0.3) is 10.2 Å². The summed E-state index contributed by atoms with van der Waals surface area (Å²) in [6.45, 7) is 0.315. The number of nitrogens with one attached hydrogen (secondary N) is 1. The van der Waals surface area contributed by atoms with Crippen LogP contribution in [0.3, 0.4) is 0 Å². The molecule has 0 amide bonds. The predicted octanol–water partition coefficient (Wildman–Crippen LogP) is 4.84. The molecule has 0 aliphatic heterocycles. The number of anilines is 1. The number of fused-ring (bicyclic) bond motifs is 1. The molecule has 0 bridgehead atoms. The molecule has 154 valence electrons. The van der Waals surface area contributed by atoms with Gasteiger partial charge in [-0.1, -0.05) is 35.1 Å². The summed E-state index contributed by atoms with van der Waals surface area (Å²) < 4.78 is 55.9. The van der Waals surface area contributed by atoms with Crippen molar-refractivity contribution in [3.8, 4) is 0 Å². The number of nitrogens with zero attached hydrogens (tertiary/aromatic N) is 1. The fraction of sp³-hybridized carbons (Fsp3) is 0.0500. The molecule has 1 heterocycles. The van der Waals surface area contributed by atoms with Crippen LogP contribution in [0.5, 0.6) is 0 Å². The largest absolute Gasteiger partial charge is 0.308 e. The molecule has 0 saturated carbocycles. The summed E-state index contributed by atoms with van der Waals surface area (Å²) in [5.74, 6) is -2.24. The standard InChI is InChI=1S/C20H13ClF2N2O3S2/c21-13-3-1-12(2-4-13)11-25-18-8-6-15(10-19(18)29-20(25)26)30(27,28)24-14-5-7-16(22)17(23)9-14/h1-10,24H,11H2. The summed E-state index contributed by atoms with van der Waals surface area (Å²) in [7, 11) is -4.06. The first-order valence-corrected chi connectivity index (χ1v) is 11.3. The lowest BCUT2D eigenvalue weighted by Gasteiger charge is -2.09. The van der Waals surface area contributed by atoms with E-state index >= 15 is 0 Å². The molecule has 1 N–H and O–H groups in total. The Hall–Kier alpha value is -2.75. The van der Waals surface area contributed by atoms with Crippen LogP contribution in [0.2, 0.25) is 5.02 Å². The van der Waals surface area contributed by atoms with Gasteiger partial charge in [0, 0.05) is 11.1 Å². The summed E-state index contributed by atoms with van der Waals surface area (Å²) in [5.41, 5.74) is 1.35. The lowest BCUT2D eigenvalue weighted by molar-refractivity contribution is 0.509. The Morgan fingerprint density at radius 2 is 1.70 bits per heavy atom. The van der Waals surface area contributed by atoms with Crippen LogP contribution in [0.1, 0.15) is 5.56 Å². The molecule has 0 aliphatic carbocycles. The number of rotatable bonds is 5. The van der Waals surface area contributed by atoms with Gasteiger partial charge in [0.15, 0.2) is 11.6 Å². The second-order valence-electron chi connectivity index (χ2n) is 6.44. The van der Waals surface area contributed by atoms with Crippen LogP contribution in [-0.2, 0) is 16.6 Å². The van der Waals surface area contributed by atoms with Gasteiger partial charge >= 0.3 is 4.87 Å². The number of hydrogen-bond acceptors (Lipinski definition) is 4. The van der Waals surface area contributed by atoms with Gasteiger partial charge in [0.2, 0.25) is 0 Å². The zero-order valence-corrected chi connectivity index (χ0v) is 17.5. The number of aromatic nitrogens is 1. The molecule has 0 saturated heterocycles. The van der Waals surface area contributed by atoms with Crippen molar-refractivity contribution in [3.63, 3.8) is 0 Å². The first-order valence-electron chi connectivity index (χ1n) is 8.59. The first-order chi connectivity index (χ1) is 14.2. The number of thiazole rings is 1. The molecule has 4 aromatic rings. The fourth-order valence-electron chi connectivity index (χ4n) is 2.91. The van der Waals surface area contributed by atoms with Crippen LogP contribution in [-0.4, -0.2) is 13.0 Å². The van der Waals surface area contributed by atoms with Gasteiger partial charge in [0.1, 0.15) is 0 Å². The van der Waals surface area contributed by atoms with E-state index in [0.717, 1.165) is 35.1 Å². The molecule has 0 spiro atoms. The van der Waals surface area contributed by atoms with Gasteiger partial charge in [-0.05, 0) is 48.0 Å². The molecule has 1 aromatic heterocycles. The molecule has 4 rings (SSSR count). The summed E-state index contributed by atoms with van der Waals surface area (Å²) >= 11 is 6.81. The Morgan fingerprint density at radius 1 is 0.967 bits per heavy atom. The van der Waals surface area contributed by atoms with Crippen molar-refractivity contribution in [3.05, 3.63) is 92.6 Å². The van der Waals surface area contributed by atoms with Gasteiger partial charge in [-0.25, -0.2) is 17.2 Å². The molecule has 3 aromatic carbocycles. The molecule has 10 heteroatoms. The molecular formula is C20H13ClF2N2O3S2. The smallest absolute Gasteiger partial charge is 0.294 e. The van der Waals surface area contributed by atoms with Gasteiger partial charge in [0.05, 0.1) is 27.3 Å². The van der Waals surface area contributed by atoms with Gasteiger partial charge in [-0.2, -0.15) is 0 Å². The molecule has 5 nitrogen and oxygen atoms in total. The zero-order chi connectivity index (χ0) is 21.5. The van der Waals surface area contributed by atoms with Crippen LogP contribution in [0.4, 0.5) is 14.5 Å². The van der Waals surface area contributed by atoms with E-state index in [1.165, 1.54) is 12.1 Å². The molecule has 0 aliphatic rings. The quantitative estimate of drug-likeness (QED) is 0.457. The highest BCUT2D eigenvalue weighted by atomic mass is 35.5. The second kappa shape index (κ2) is 7.82. The van der Waals surface area contributed by atoms with Crippen LogP contribution in [0, 0.1) is 11.6 Å². The van der Waals surface area contributed by atoms with Crippen molar-refractivity contribution in [1.82, 2.24) is 4.57 Å². The highest BCUT2D eigenvalue weighted by Crippen LogP contribution is 2.25. The molecule has 0 unspecified atom stereocenters. The van der Waals surface area contributed by atoms with Crippen molar-refractivity contribution in [2.45, 2.75) is 11.4 Å². The average Bonchev–Trinajstić information content (AvgIpc) is 3.01. The molecule has 0 atom stereocenters. The zero-order valence-electron chi connectivity index (χ0n) is 15.1. The number of sulfonamides is 1. The highest BCUT2D eigenvalue weighted by molar-refractivity contribution is 7.92. The van der Waals surface area contributed by atoms with Gasteiger partial charge in [-0.15, -0.1) is 0 Å². The maximum atomic E-state index is 13.4. The second-order valence-corrected chi connectivity index (χ2v) is 9.56. The minimum absolute atomic E-state index is 0.0976. The first kappa shape index (κ1) is 20.5. The maximum Gasteiger partial charge on any atom is 0.308 e. The Bertz CT molecular complexity index is 1410. The molecular weight excluding hydrogens is 454 g/mol. The van der Waals surface area contributed by atoms with Gasteiger partial charge in [0.25, 0.3) is 10.0 Å². The van der Waals surface area contributed by atoms with Crippen LogP contribution in [0.15, 0.2) is 70.4 Å². The van der Waals surface area contributed by atoms with Crippen LogP contribution < -0.4 is 9.60 Å². The summed E-state index contributed by atoms with van der Waals surface area (Å²) in [6.07, 6.45) is 0. The van der Waals surface area contributed by atoms with Crippen molar-refractivity contribution >= 4 is 48.9 Å². The van der Waals surface area contributed by atoms with Crippen molar-refractivity contribution in [1.29, 1.82) is 0 Å². The topological polar surface area (TPSA) is 68.2 Å². The molecule has 30 heavy (non-hydrogen) atoms. The van der Waals surface area contributed by atoms with Gasteiger partial charge in [-0.3, -0.25) is 14.1 Å². The van der Waals surface area contributed by atoms with E-state index in [2.05, 4.69) is 4.72 Å². The van der Waals surface area contributed by atoms with E-state index in [1.54, 1.807) is 22.8 Å². The minimum Gasteiger partial charge on any atom is -0.294 e. The minimum atomic E-state index is -4.06. The normalized spacial score (nSPS) is 11.7. The van der Waals surface area contributed by atoms with Gasteiger partial charge < -0.3 is 0 Å². The Kier molecular flexibility index (Phi) is 5.35. The monoisotopic (exact) mass is 466 g/mol. The van der Waals surface area contributed by atoms with E-state index in [0.29, 0.717) is 21.8 Å². The third-order valence-electron chi connectivity index (χ3n) is 4.38.